The topological polar surface area (TPSA) is 229 Å². The lowest BCUT2D eigenvalue weighted by Crippen LogP contribution is -2.32. The molecule has 372 valence electrons. The number of nitrogens with one attached hydrogen (secondary N) is 1. The van der Waals surface area contributed by atoms with Crippen molar-refractivity contribution in [2.24, 2.45) is 0 Å². The van der Waals surface area contributed by atoms with Crippen LogP contribution in [-0.2, 0) is 56.8 Å². The summed E-state index contributed by atoms with van der Waals surface area (Å²) in [7, 11) is 1.70. The Morgan fingerprint density at radius 2 is 0.896 bits per heavy atom. The molecular weight excluding hydrogens is 881 g/mol. The number of benzene rings is 3. The highest BCUT2D eigenvalue weighted by atomic mass is 16.6. The Labute approximate surface area is 391 Å². The van der Waals surface area contributed by atoms with E-state index < -0.39 is 9.85 Å². The maximum absolute atomic E-state index is 12.6. The van der Waals surface area contributed by atoms with E-state index in [4.69, 9.17) is 56.8 Å². The van der Waals surface area contributed by atoms with Crippen LogP contribution in [0.25, 0.3) is 11.1 Å². The number of nitro groups is 2. The number of carbonyl (C=O) groups excluding carboxylic acids is 1. The molecule has 21 heteroatoms. The minimum atomic E-state index is -0.683. The fourth-order valence-corrected chi connectivity index (χ4v) is 6.49. The van der Waals surface area contributed by atoms with Crippen LogP contribution in [0.5, 0.6) is 0 Å². The second-order valence-electron chi connectivity index (χ2n) is 14.6. The second-order valence-corrected chi connectivity index (χ2v) is 14.6. The van der Waals surface area contributed by atoms with E-state index in [1.165, 1.54) is 39.3 Å². The second kappa shape index (κ2) is 34.4. The Hall–Kier alpha value is -4.91. The average Bonchev–Trinajstić information content (AvgIpc) is 3.66. The highest BCUT2D eigenvalue weighted by Gasteiger charge is 2.29. The Kier molecular flexibility index (Phi) is 28.1. The van der Waals surface area contributed by atoms with E-state index in [-0.39, 0.29) is 48.8 Å². The lowest BCUT2D eigenvalue weighted by Gasteiger charge is -2.19. The molecule has 0 spiro atoms. The maximum atomic E-state index is 12.6. The number of carbonyl (C=O) groups is 1. The van der Waals surface area contributed by atoms with Gasteiger partial charge in [0.05, 0.1) is 161 Å². The average molecular weight is 947 g/mol. The quantitative estimate of drug-likeness (QED) is 0.0449. The lowest BCUT2D eigenvalue weighted by molar-refractivity contribution is -0.393. The van der Waals surface area contributed by atoms with Crippen molar-refractivity contribution in [3.05, 3.63) is 98.1 Å². The molecule has 1 aliphatic carbocycles. The molecule has 1 N–H and O–H groups in total. The number of nitrogens with zero attached hydrogens (tertiary/aromatic N) is 3. The predicted molar refractivity (Wildman–Crippen MR) is 245 cm³/mol. The third-order valence-electron chi connectivity index (χ3n) is 9.89. The van der Waals surface area contributed by atoms with Crippen LogP contribution in [-0.4, -0.2) is 193 Å². The molecule has 67 heavy (non-hydrogen) atoms. The van der Waals surface area contributed by atoms with Gasteiger partial charge in [0.25, 0.3) is 11.4 Å². The van der Waals surface area contributed by atoms with Crippen LogP contribution < -0.4 is 5.32 Å². The molecule has 0 saturated carbocycles. The summed E-state index contributed by atoms with van der Waals surface area (Å²) < 4.78 is 66.2. The fourth-order valence-electron chi connectivity index (χ4n) is 6.49. The first kappa shape index (κ1) is 54.7. The van der Waals surface area contributed by atoms with E-state index in [1.54, 1.807) is 7.05 Å². The van der Waals surface area contributed by atoms with Crippen molar-refractivity contribution in [3.63, 3.8) is 0 Å². The van der Waals surface area contributed by atoms with Crippen molar-refractivity contribution < 1.29 is 71.5 Å². The van der Waals surface area contributed by atoms with Crippen molar-refractivity contribution in [2.75, 3.05) is 177 Å². The van der Waals surface area contributed by atoms with Gasteiger partial charge in [0, 0.05) is 32.1 Å². The Balaban J connectivity index is 0.785. The van der Waals surface area contributed by atoms with Crippen molar-refractivity contribution in [2.45, 2.75) is 5.92 Å². The van der Waals surface area contributed by atoms with Crippen molar-refractivity contribution in [3.8, 4) is 11.1 Å². The summed E-state index contributed by atoms with van der Waals surface area (Å²) in [6.45, 7) is 10.2. The molecule has 0 atom stereocenters. The highest BCUT2D eigenvalue weighted by molar-refractivity contribution is 5.79. The van der Waals surface area contributed by atoms with E-state index in [0.717, 1.165) is 6.07 Å². The molecule has 1 aliphatic rings. The van der Waals surface area contributed by atoms with Gasteiger partial charge in [-0.15, -0.1) is 0 Å². The maximum Gasteiger partial charge on any atom is 0.409 e. The minimum absolute atomic E-state index is 0.0256. The van der Waals surface area contributed by atoms with Gasteiger partial charge in [-0.2, -0.15) is 0 Å². The molecule has 0 heterocycles. The zero-order valence-corrected chi connectivity index (χ0v) is 38.4. The molecule has 3 aromatic rings. The molecule has 0 saturated heterocycles. The van der Waals surface area contributed by atoms with Crippen LogP contribution in [0.4, 0.5) is 21.9 Å². The summed E-state index contributed by atoms with van der Waals surface area (Å²) in [5, 5.41) is 24.9. The standard InChI is InChI=1S/C46H66N4O17/c1-48(46(51)67-37-43-41-8-4-2-6-39(41)40-7-3-5-9-42(40)43)13-15-57-17-19-59-21-23-61-25-27-63-29-31-65-33-35-66-34-32-64-30-28-62-26-24-60-22-20-58-18-16-56-14-12-47-44-11-10-38(49(52)53)36-45(44)50(54)55/h2-11,36,43,47H,12-35,37H2,1H3. The number of non-ortho nitro benzene ring substituents is 1. The number of hydrogen-bond donors (Lipinski definition) is 1. The van der Waals surface area contributed by atoms with Crippen LogP contribution in [0.15, 0.2) is 66.7 Å². The zero-order valence-electron chi connectivity index (χ0n) is 38.4. The van der Waals surface area contributed by atoms with Gasteiger partial charge < -0.3 is 67.1 Å². The van der Waals surface area contributed by atoms with Gasteiger partial charge in [-0.3, -0.25) is 20.2 Å². The Morgan fingerprint density at radius 1 is 0.522 bits per heavy atom. The molecule has 21 nitrogen and oxygen atoms in total. The van der Waals surface area contributed by atoms with E-state index in [1.807, 2.05) is 24.3 Å². The summed E-state index contributed by atoms with van der Waals surface area (Å²) in [4.78, 5) is 34.8. The number of likely N-dealkylation sites (N-methyl/N-ethyl adjacent to an activating group) is 1. The SMILES string of the molecule is CN(CCOCCOCCOCCOCCOCCOCCOCCOCCOCCOCCOCCNc1ccc([N+](=O)[O-])cc1[N+](=O)[O-])C(=O)OCC1c2ccccc2-c2ccccc21. The summed E-state index contributed by atoms with van der Waals surface area (Å²) in [6, 6.07) is 19.9. The number of ether oxygens (including phenoxy) is 12. The van der Waals surface area contributed by atoms with Crippen molar-refractivity contribution >= 4 is 23.2 Å². The number of anilines is 1. The number of nitro benzene ring substituents is 2. The zero-order chi connectivity index (χ0) is 47.6. The van der Waals surface area contributed by atoms with Gasteiger partial charge in [-0.1, -0.05) is 48.5 Å². The number of amides is 1. The fraction of sp³-hybridized carbons (Fsp3) is 0.587. The van der Waals surface area contributed by atoms with Gasteiger partial charge in [-0.05, 0) is 28.3 Å². The molecule has 3 aromatic carbocycles. The Bertz CT molecular complexity index is 1800. The summed E-state index contributed by atoms with van der Waals surface area (Å²) in [5.41, 5.74) is 4.22. The minimum Gasteiger partial charge on any atom is -0.448 e. The largest absolute Gasteiger partial charge is 0.448 e. The molecule has 0 fully saturated rings. The number of fused-ring (bicyclic) bond motifs is 3. The number of hydrogen-bond acceptors (Lipinski definition) is 18. The van der Waals surface area contributed by atoms with Gasteiger partial charge in [0.15, 0.2) is 0 Å². The van der Waals surface area contributed by atoms with Gasteiger partial charge in [0.2, 0.25) is 0 Å². The van der Waals surface area contributed by atoms with E-state index in [2.05, 4.69) is 29.6 Å². The third kappa shape index (κ3) is 22.2. The van der Waals surface area contributed by atoms with Crippen LogP contribution in [0.1, 0.15) is 17.0 Å². The third-order valence-corrected chi connectivity index (χ3v) is 9.89. The van der Waals surface area contributed by atoms with Gasteiger partial charge >= 0.3 is 6.09 Å². The van der Waals surface area contributed by atoms with Crippen LogP contribution in [0.2, 0.25) is 0 Å². The van der Waals surface area contributed by atoms with E-state index >= 15 is 0 Å². The molecule has 0 aromatic heterocycles. The molecule has 0 bridgehead atoms. The van der Waals surface area contributed by atoms with E-state index in [0.29, 0.717) is 145 Å². The lowest BCUT2D eigenvalue weighted by atomic mass is 9.98. The summed E-state index contributed by atoms with van der Waals surface area (Å²) >= 11 is 0. The Morgan fingerprint density at radius 3 is 1.28 bits per heavy atom. The number of rotatable bonds is 41. The first-order chi connectivity index (χ1) is 32.9. The molecule has 0 unspecified atom stereocenters. The van der Waals surface area contributed by atoms with E-state index in [9.17, 15) is 25.0 Å². The summed E-state index contributed by atoms with van der Waals surface area (Å²) in [6.07, 6.45) is -0.377. The molecular formula is C46H66N4O17. The molecule has 4 rings (SSSR count). The van der Waals surface area contributed by atoms with Crippen LogP contribution in [0.3, 0.4) is 0 Å². The van der Waals surface area contributed by atoms with Crippen LogP contribution >= 0.6 is 0 Å². The predicted octanol–water partition coefficient (Wildman–Crippen LogP) is 4.98. The van der Waals surface area contributed by atoms with Crippen molar-refractivity contribution in [1.82, 2.24) is 4.90 Å². The van der Waals surface area contributed by atoms with Crippen molar-refractivity contribution in [1.29, 1.82) is 0 Å². The molecule has 1 amide bonds. The summed E-state index contributed by atoms with van der Waals surface area (Å²) in [5.74, 6) is 0.0256. The highest BCUT2D eigenvalue weighted by Crippen LogP contribution is 2.44. The first-order valence-corrected chi connectivity index (χ1v) is 22.4. The molecule has 0 aliphatic heterocycles. The molecule has 0 radical (unpaired) electrons. The smallest absolute Gasteiger partial charge is 0.409 e. The van der Waals surface area contributed by atoms with Gasteiger partial charge in [0.1, 0.15) is 12.3 Å². The monoisotopic (exact) mass is 946 g/mol. The first-order valence-electron chi connectivity index (χ1n) is 22.4. The van der Waals surface area contributed by atoms with Crippen LogP contribution in [0, 0.1) is 20.2 Å². The normalized spacial score (nSPS) is 12.0. The van der Waals surface area contributed by atoms with Gasteiger partial charge in [-0.25, -0.2) is 4.79 Å².